The molecule has 2 heteroatoms. The molecule has 14 heavy (non-hydrogen) atoms. The molecule has 0 radical (unpaired) electrons. The molecule has 1 N–H and O–H groups in total. The van der Waals surface area contributed by atoms with E-state index >= 15 is 0 Å². The summed E-state index contributed by atoms with van der Waals surface area (Å²) >= 11 is 0. The fourth-order valence-corrected chi connectivity index (χ4v) is 1.42. The minimum absolute atomic E-state index is 0.0294. The lowest BCUT2D eigenvalue weighted by Gasteiger charge is -2.15. The third kappa shape index (κ3) is 2.46. The summed E-state index contributed by atoms with van der Waals surface area (Å²) in [6.45, 7) is 7.41. The van der Waals surface area contributed by atoms with Crippen LogP contribution in [-0.2, 0) is 4.79 Å². The molecule has 0 bridgehead atoms. The number of benzene rings is 1. The molecule has 0 heterocycles. The van der Waals surface area contributed by atoms with Crippen molar-refractivity contribution in [2.75, 3.05) is 0 Å². The van der Waals surface area contributed by atoms with Crippen molar-refractivity contribution in [3.63, 3.8) is 0 Å². The SMILES string of the molecule is C=CC(=O)N[C@H](C)c1ccccc1C. The first-order chi connectivity index (χ1) is 6.65. The van der Waals surface area contributed by atoms with Crippen LogP contribution >= 0.6 is 0 Å². The Morgan fingerprint density at radius 1 is 1.50 bits per heavy atom. The van der Waals surface area contributed by atoms with E-state index in [9.17, 15) is 4.79 Å². The maximum absolute atomic E-state index is 11.1. The van der Waals surface area contributed by atoms with Crippen LogP contribution in [0.5, 0.6) is 0 Å². The van der Waals surface area contributed by atoms with Gasteiger partial charge in [0, 0.05) is 0 Å². The zero-order valence-corrected chi connectivity index (χ0v) is 8.58. The van der Waals surface area contributed by atoms with Gasteiger partial charge >= 0.3 is 0 Å². The van der Waals surface area contributed by atoms with Gasteiger partial charge in [-0.3, -0.25) is 4.79 Å². The quantitative estimate of drug-likeness (QED) is 0.726. The highest BCUT2D eigenvalue weighted by Gasteiger charge is 2.08. The number of carbonyl (C=O) groups is 1. The molecule has 0 fully saturated rings. The minimum atomic E-state index is -0.138. The Labute approximate surface area is 84.6 Å². The average molecular weight is 189 g/mol. The first-order valence-electron chi connectivity index (χ1n) is 4.63. The predicted molar refractivity (Wildman–Crippen MR) is 57.9 cm³/mol. The van der Waals surface area contributed by atoms with Crippen LogP contribution in [0.15, 0.2) is 36.9 Å². The third-order valence-corrected chi connectivity index (χ3v) is 2.20. The molecule has 0 spiro atoms. The summed E-state index contributed by atoms with van der Waals surface area (Å²) in [5.74, 6) is -0.138. The van der Waals surface area contributed by atoms with Crippen molar-refractivity contribution in [1.29, 1.82) is 0 Å². The van der Waals surface area contributed by atoms with E-state index in [1.165, 1.54) is 11.6 Å². The predicted octanol–water partition coefficient (Wildman–Crippen LogP) is 2.36. The normalized spacial score (nSPS) is 11.9. The van der Waals surface area contributed by atoms with E-state index in [0.29, 0.717) is 0 Å². The summed E-state index contributed by atoms with van der Waals surface area (Å²) in [6, 6.07) is 8.04. The van der Waals surface area contributed by atoms with Crippen molar-refractivity contribution in [2.45, 2.75) is 19.9 Å². The summed E-state index contributed by atoms with van der Waals surface area (Å²) in [7, 11) is 0. The lowest BCUT2D eigenvalue weighted by atomic mass is 10.0. The van der Waals surface area contributed by atoms with E-state index in [2.05, 4.69) is 11.9 Å². The van der Waals surface area contributed by atoms with E-state index in [1.807, 2.05) is 38.1 Å². The molecule has 0 saturated heterocycles. The van der Waals surface area contributed by atoms with E-state index < -0.39 is 0 Å². The minimum Gasteiger partial charge on any atom is -0.346 e. The van der Waals surface area contributed by atoms with Crippen LogP contribution in [0.4, 0.5) is 0 Å². The molecule has 1 aromatic rings. The van der Waals surface area contributed by atoms with Gasteiger partial charge in [0.15, 0.2) is 0 Å². The van der Waals surface area contributed by atoms with Crippen molar-refractivity contribution in [3.8, 4) is 0 Å². The highest BCUT2D eigenvalue weighted by Crippen LogP contribution is 2.16. The standard InChI is InChI=1S/C12H15NO/c1-4-12(14)13-10(3)11-8-6-5-7-9(11)2/h4-8,10H,1H2,2-3H3,(H,13,14)/t10-/m1/s1. The van der Waals surface area contributed by atoms with Crippen LogP contribution in [0, 0.1) is 6.92 Å². The summed E-state index contributed by atoms with van der Waals surface area (Å²) < 4.78 is 0. The van der Waals surface area contributed by atoms with Gasteiger partial charge in [-0.1, -0.05) is 30.8 Å². The Morgan fingerprint density at radius 2 is 2.14 bits per heavy atom. The second-order valence-electron chi connectivity index (χ2n) is 3.29. The van der Waals surface area contributed by atoms with Crippen molar-refractivity contribution < 1.29 is 4.79 Å². The van der Waals surface area contributed by atoms with Crippen LogP contribution in [0.25, 0.3) is 0 Å². The Kier molecular flexibility index (Phi) is 3.46. The summed E-state index contributed by atoms with van der Waals surface area (Å²) in [5.41, 5.74) is 2.33. The van der Waals surface area contributed by atoms with E-state index in [0.717, 1.165) is 5.56 Å². The molecular formula is C12H15NO. The van der Waals surface area contributed by atoms with Gasteiger partial charge in [-0.2, -0.15) is 0 Å². The lowest BCUT2D eigenvalue weighted by Crippen LogP contribution is -2.24. The number of aryl methyl sites for hydroxylation is 1. The molecule has 1 rings (SSSR count). The van der Waals surface area contributed by atoms with E-state index in [-0.39, 0.29) is 11.9 Å². The van der Waals surface area contributed by atoms with Crippen LogP contribution < -0.4 is 5.32 Å². The molecule has 0 unspecified atom stereocenters. The summed E-state index contributed by atoms with van der Waals surface area (Å²) in [6.07, 6.45) is 1.29. The molecular weight excluding hydrogens is 174 g/mol. The number of hydrogen-bond donors (Lipinski definition) is 1. The van der Waals surface area contributed by atoms with Crippen molar-refractivity contribution in [3.05, 3.63) is 48.0 Å². The Hall–Kier alpha value is -1.57. The van der Waals surface area contributed by atoms with Crippen molar-refractivity contribution in [1.82, 2.24) is 5.32 Å². The van der Waals surface area contributed by atoms with Gasteiger partial charge in [0.1, 0.15) is 0 Å². The first-order valence-corrected chi connectivity index (χ1v) is 4.63. The molecule has 1 atom stereocenters. The fourth-order valence-electron chi connectivity index (χ4n) is 1.42. The zero-order chi connectivity index (χ0) is 10.6. The molecule has 0 aliphatic heterocycles. The van der Waals surface area contributed by atoms with E-state index in [4.69, 9.17) is 0 Å². The molecule has 74 valence electrons. The molecule has 1 amide bonds. The van der Waals surface area contributed by atoms with Gasteiger partial charge in [-0.25, -0.2) is 0 Å². The number of nitrogens with one attached hydrogen (secondary N) is 1. The van der Waals surface area contributed by atoms with Gasteiger partial charge in [0.25, 0.3) is 0 Å². The Balaban J connectivity index is 2.79. The Morgan fingerprint density at radius 3 is 2.71 bits per heavy atom. The fraction of sp³-hybridized carbons (Fsp3) is 0.250. The summed E-state index contributed by atoms with van der Waals surface area (Å²) in [5, 5.41) is 2.83. The lowest BCUT2D eigenvalue weighted by molar-refractivity contribution is -0.117. The molecule has 1 aromatic carbocycles. The number of amides is 1. The monoisotopic (exact) mass is 189 g/mol. The molecule has 0 saturated carbocycles. The van der Waals surface area contributed by atoms with Gasteiger partial charge in [-0.05, 0) is 31.1 Å². The molecule has 2 nitrogen and oxygen atoms in total. The van der Waals surface area contributed by atoms with Crippen LogP contribution in [0.3, 0.4) is 0 Å². The second-order valence-corrected chi connectivity index (χ2v) is 3.29. The van der Waals surface area contributed by atoms with Crippen LogP contribution in [-0.4, -0.2) is 5.91 Å². The van der Waals surface area contributed by atoms with Gasteiger partial charge in [0.2, 0.25) is 5.91 Å². The number of rotatable bonds is 3. The van der Waals surface area contributed by atoms with E-state index in [1.54, 1.807) is 0 Å². The second kappa shape index (κ2) is 4.61. The third-order valence-electron chi connectivity index (χ3n) is 2.20. The Bertz CT molecular complexity index is 344. The zero-order valence-electron chi connectivity index (χ0n) is 8.58. The topological polar surface area (TPSA) is 29.1 Å². The number of carbonyl (C=O) groups excluding carboxylic acids is 1. The van der Waals surface area contributed by atoms with Crippen LogP contribution in [0.2, 0.25) is 0 Å². The molecule has 0 aliphatic carbocycles. The average Bonchev–Trinajstić information content (AvgIpc) is 2.18. The maximum Gasteiger partial charge on any atom is 0.243 e. The maximum atomic E-state index is 11.1. The highest BCUT2D eigenvalue weighted by molar-refractivity contribution is 5.87. The van der Waals surface area contributed by atoms with Gasteiger partial charge < -0.3 is 5.32 Å². The highest BCUT2D eigenvalue weighted by atomic mass is 16.1. The van der Waals surface area contributed by atoms with Crippen molar-refractivity contribution >= 4 is 5.91 Å². The van der Waals surface area contributed by atoms with Crippen molar-refractivity contribution in [2.24, 2.45) is 0 Å². The number of hydrogen-bond acceptors (Lipinski definition) is 1. The molecule has 0 aliphatic rings. The largest absolute Gasteiger partial charge is 0.346 e. The smallest absolute Gasteiger partial charge is 0.243 e. The van der Waals surface area contributed by atoms with Crippen LogP contribution in [0.1, 0.15) is 24.1 Å². The first kappa shape index (κ1) is 10.5. The molecule has 0 aromatic heterocycles. The summed E-state index contributed by atoms with van der Waals surface area (Å²) in [4.78, 5) is 11.1. The van der Waals surface area contributed by atoms with Gasteiger partial charge in [-0.15, -0.1) is 0 Å². The van der Waals surface area contributed by atoms with Gasteiger partial charge in [0.05, 0.1) is 6.04 Å².